The average molecular weight is 524 g/mol. The first-order valence-electron chi connectivity index (χ1n) is 12.5. The molecule has 3 aromatic rings. The molecule has 2 aliphatic rings. The predicted molar refractivity (Wildman–Crippen MR) is 146 cm³/mol. The number of rotatable bonds is 9. The number of aliphatic hydroxyl groups excluding tert-OH is 1. The minimum Gasteiger partial charge on any atom is -0.494 e. The summed E-state index contributed by atoms with van der Waals surface area (Å²) in [5, 5.41) is 17.5. The predicted octanol–water partition coefficient (Wildman–Crippen LogP) is 2.40. The van der Waals surface area contributed by atoms with Crippen LogP contribution in [0.5, 0.6) is 5.75 Å². The molecule has 5 rings (SSSR count). The molecule has 0 bridgehead atoms. The summed E-state index contributed by atoms with van der Waals surface area (Å²) in [6.07, 6.45) is 2.79. The van der Waals surface area contributed by atoms with Crippen LogP contribution in [0.1, 0.15) is 10.4 Å². The number of benzene rings is 1. The van der Waals surface area contributed by atoms with Gasteiger partial charge in [-0.1, -0.05) is 0 Å². The van der Waals surface area contributed by atoms with E-state index in [0.717, 1.165) is 57.2 Å². The molecule has 1 saturated heterocycles. The van der Waals surface area contributed by atoms with Crippen LogP contribution in [0.2, 0.25) is 0 Å². The Labute approximate surface area is 220 Å². The third-order valence-corrected chi connectivity index (χ3v) is 7.78. The second-order valence-electron chi connectivity index (χ2n) is 9.21. The van der Waals surface area contributed by atoms with Crippen molar-refractivity contribution < 1.29 is 14.6 Å². The number of nitrogens with one attached hydrogen (secondary N) is 2. The van der Waals surface area contributed by atoms with Crippen molar-refractivity contribution in [3.8, 4) is 5.75 Å². The number of anilines is 4. The lowest BCUT2D eigenvalue weighted by molar-refractivity contribution is -0.117. The fourth-order valence-electron chi connectivity index (χ4n) is 4.74. The van der Waals surface area contributed by atoms with Crippen LogP contribution in [0.4, 0.5) is 23.1 Å². The number of hydrogen-bond donors (Lipinski definition) is 3. The number of aliphatic hydroxyl groups is 1. The monoisotopic (exact) mass is 523 g/mol. The van der Waals surface area contributed by atoms with Crippen LogP contribution in [0.25, 0.3) is 0 Å². The van der Waals surface area contributed by atoms with Crippen LogP contribution in [0, 0.1) is 0 Å². The second-order valence-corrected chi connectivity index (χ2v) is 10.2. The number of aromatic nitrogens is 2. The molecule has 0 atom stereocenters. The molecule has 3 N–H and O–H groups in total. The van der Waals surface area contributed by atoms with E-state index in [0.29, 0.717) is 30.5 Å². The van der Waals surface area contributed by atoms with Crippen LogP contribution in [-0.2, 0) is 17.8 Å². The van der Waals surface area contributed by atoms with Gasteiger partial charge in [-0.05, 0) is 41.6 Å². The molecule has 2 aliphatic heterocycles. The number of amides is 1. The summed E-state index contributed by atoms with van der Waals surface area (Å²) in [5.41, 5.74) is 2.75. The molecule has 0 spiro atoms. The summed E-state index contributed by atoms with van der Waals surface area (Å²) in [7, 11) is 1.60. The molecule has 2 aromatic heterocycles. The third-order valence-electron chi connectivity index (χ3n) is 6.75. The maximum atomic E-state index is 12.6. The van der Waals surface area contributed by atoms with Crippen molar-refractivity contribution in [1.29, 1.82) is 0 Å². The van der Waals surface area contributed by atoms with Crippen molar-refractivity contribution in [3.05, 3.63) is 52.3 Å². The minimum absolute atomic E-state index is 0.0651. The number of ether oxygens (including phenoxy) is 1. The van der Waals surface area contributed by atoms with Gasteiger partial charge in [-0.2, -0.15) is 4.98 Å². The van der Waals surface area contributed by atoms with Gasteiger partial charge in [0.1, 0.15) is 11.6 Å². The van der Waals surface area contributed by atoms with E-state index in [9.17, 15) is 4.79 Å². The van der Waals surface area contributed by atoms with Gasteiger partial charge >= 0.3 is 0 Å². The zero-order chi connectivity index (χ0) is 25.6. The van der Waals surface area contributed by atoms with Crippen LogP contribution in [0.3, 0.4) is 0 Å². The summed E-state index contributed by atoms with van der Waals surface area (Å²) in [6, 6.07) is 9.62. The van der Waals surface area contributed by atoms with Crippen molar-refractivity contribution in [1.82, 2.24) is 19.8 Å². The van der Waals surface area contributed by atoms with Crippen molar-refractivity contribution in [2.45, 2.75) is 13.0 Å². The van der Waals surface area contributed by atoms with Crippen LogP contribution in [0.15, 0.2) is 41.9 Å². The quantitative estimate of drug-likeness (QED) is 0.390. The summed E-state index contributed by atoms with van der Waals surface area (Å²) in [5.74, 6) is 1.90. The van der Waals surface area contributed by atoms with E-state index in [2.05, 4.69) is 41.8 Å². The fraction of sp³-hybridized carbons (Fsp3) is 0.423. The first kappa shape index (κ1) is 25.4. The molecule has 0 aliphatic carbocycles. The number of piperazine rings is 1. The molecular formula is C26H33N7O3S. The van der Waals surface area contributed by atoms with Crippen molar-refractivity contribution in [3.63, 3.8) is 0 Å². The standard InChI is InChI=1S/C26H33N7O3S/c1-36-22-16-20(28-25(35)18-32-11-9-31(10-12-32)13-14-34)2-3-21(22)29-26-27-7-4-24(30-26)33-8-5-23-19(17-33)6-15-37-23/h2-4,6-7,15-16,34H,5,8-14,17-18H2,1H3,(H,28,35)(H,27,29,30). The van der Waals surface area contributed by atoms with Gasteiger partial charge in [-0.25, -0.2) is 4.98 Å². The Bertz CT molecular complexity index is 1210. The molecule has 10 nitrogen and oxygen atoms in total. The van der Waals surface area contributed by atoms with Crippen LogP contribution in [-0.4, -0.2) is 90.3 Å². The molecule has 1 fully saturated rings. The Balaban J connectivity index is 1.19. The van der Waals surface area contributed by atoms with Crippen LogP contribution < -0.4 is 20.3 Å². The number of carbonyl (C=O) groups excluding carboxylic acids is 1. The average Bonchev–Trinajstić information content (AvgIpc) is 3.39. The number of fused-ring (bicyclic) bond motifs is 1. The van der Waals surface area contributed by atoms with E-state index in [4.69, 9.17) is 14.8 Å². The summed E-state index contributed by atoms with van der Waals surface area (Å²) < 4.78 is 5.59. The van der Waals surface area contributed by atoms with Gasteiger partial charge in [0.05, 0.1) is 25.9 Å². The summed E-state index contributed by atoms with van der Waals surface area (Å²) in [6.45, 7) is 6.30. The molecule has 0 unspecified atom stereocenters. The van der Waals surface area contributed by atoms with Gasteiger partial charge in [-0.15, -0.1) is 11.3 Å². The highest BCUT2D eigenvalue weighted by molar-refractivity contribution is 7.10. The normalized spacial score (nSPS) is 16.3. The summed E-state index contributed by atoms with van der Waals surface area (Å²) in [4.78, 5) is 29.8. The SMILES string of the molecule is COc1cc(NC(=O)CN2CCN(CCO)CC2)ccc1Nc1nccc(N2CCc3sccc3C2)n1. The zero-order valence-electron chi connectivity index (χ0n) is 21.0. The maximum Gasteiger partial charge on any atom is 0.238 e. The van der Waals surface area contributed by atoms with E-state index in [1.54, 1.807) is 19.4 Å². The molecule has 0 radical (unpaired) electrons. The van der Waals surface area contributed by atoms with E-state index in [1.165, 1.54) is 10.4 Å². The van der Waals surface area contributed by atoms with Gasteiger partial charge < -0.3 is 25.4 Å². The Hall–Kier alpha value is -3.25. The highest BCUT2D eigenvalue weighted by Gasteiger charge is 2.20. The van der Waals surface area contributed by atoms with Gasteiger partial charge in [0.2, 0.25) is 11.9 Å². The maximum absolute atomic E-state index is 12.6. The molecular weight excluding hydrogens is 490 g/mol. The molecule has 11 heteroatoms. The van der Waals surface area contributed by atoms with Crippen molar-refractivity contribution in [2.75, 3.05) is 75.1 Å². The lowest BCUT2D eigenvalue weighted by Crippen LogP contribution is -2.49. The fourth-order valence-corrected chi connectivity index (χ4v) is 5.63. The molecule has 4 heterocycles. The van der Waals surface area contributed by atoms with E-state index < -0.39 is 0 Å². The molecule has 196 valence electrons. The lowest BCUT2D eigenvalue weighted by atomic mass is 10.1. The van der Waals surface area contributed by atoms with Crippen molar-refractivity contribution in [2.24, 2.45) is 0 Å². The number of β-amino-alcohol motifs (C(OH)–C–C–N with tert-alkyl or cyclic N) is 1. The first-order chi connectivity index (χ1) is 18.1. The first-order valence-corrected chi connectivity index (χ1v) is 13.4. The number of carbonyl (C=O) groups is 1. The Morgan fingerprint density at radius 2 is 1.97 bits per heavy atom. The lowest BCUT2D eigenvalue weighted by Gasteiger charge is -2.33. The Kier molecular flexibility index (Phi) is 8.15. The number of hydrogen-bond acceptors (Lipinski definition) is 10. The number of nitrogens with zero attached hydrogens (tertiary/aromatic N) is 5. The van der Waals surface area contributed by atoms with E-state index >= 15 is 0 Å². The zero-order valence-corrected chi connectivity index (χ0v) is 21.8. The molecule has 1 aromatic carbocycles. The van der Waals surface area contributed by atoms with Gasteiger partial charge in [-0.3, -0.25) is 14.6 Å². The van der Waals surface area contributed by atoms with Gasteiger partial charge in [0.15, 0.2) is 0 Å². The third kappa shape index (κ3) is 6.37. The van der Waals surface area contributed by atoms with Gasteiger partial charge in [0, 0.05) is 68.6 Å². The molecule has 0 saturated carbocycles. The molecule has 1 amide bonds. The van der Waals surface area contributed by atoms with E-state index in [-0.39, 0.29) is 12.5 Å². The number of thiophene rings is 1. The topological polar surface area (TPSA) is 106 Å². The minimum atomic E-state index is -0.0651. The van der Waals surface area contributed by atoms with Gasteiger partial charge in [0.25, 0.3) is 0 Å². The Morgan fingerprint density at radius 1 is 1.14 bits per heavy atom. The smallest absolute Gasteiger partial charge is 0.238 e. The Morgan fingerprint density at radius 3 is 2.78 bits per heavy atom. The molecule has 37 heavy (non-hydrogen) atoms. The van der Waals surface area contributed by atoms with E-state index in [1.807, 2.05) is 29.5 Å². The number of methoxy groups -OCH3 is 1. The van der Waals surface area contributed by atoms with Crippen LogP contribution >= 0.6 is 11.3 Å². The second kappa shape index (κ2) is 11.9. The highest BCUT2D eigenvalue weighted by Crippen LogP contribution is 2.31. The van der Waals surface area contributed by atoms with Crippen molar-refractivity contribution >= 4 is 40.4 Å². The summed E-state index contributed by atoms with van der Waals surface area (Å²) >= 11 is 1.82. The highest BCUT2D eigenvalue weighted by atomic mass is 32.1. The largest absolute Gasteiger partial charge is 0.494 e.